The first-order valence-corrected chi connectivity index (χ1v) is 9.39. The van der Waals surface area contributed by atoms with Crippen molar-refractivity contribution in [3.63, 3.8) is 0 Å². The second-order valence-corrected chi connectivity index (χ2v) is 7.47. The third kappa shape index (κ3) is 5.03. The highest BCUT2D eigenvalue weighted by Gasteiger charge is 2.32. The Kier molecular flexibility index (Phi) is 5.91. The summed E-state index contributed by atoms with van der Waals surface area (Å²) in [5, 5.41) is 3.02. The number of pyridine rings is 1. The van der Waals surface area contributed by atoms with E-state index in [4.69, 9.17) is 0 Å². The van der Waals surface area contributed by atoms with E-state index < -0.39 is 11.9 Å². The molecule has 2 heterocycles. The van der Waals surface area contributed by atoms with Crippen LogP contribution in [0.1, 0.15) is 43.0 Å². The minimum atomic E-state index is -4.44. The highest BCUT2D eigenvalue weighted by atomic mass is 19.4. The predicted molar refractivity (Wildman–Crippen MR) is 102 cm³/mol. The van der Waals surface area contributed by atoms with Gasteiger partial charge >= 0.3 is 6.18 Å². The quantitative estimate of drug-likeness (QED) is 0.832. The van der Waals surface area contributed by atoms with Gasteiger partial charge in [-0.25, -0.2) is 4.98 Å². The Morgan fingerprint density at radius 1 is 1.21 bits per heavy atom. The molecule has 0 bridgehead atoms. The molecule has 150 valence electrons. The molecule has 28 heavy (non-hydrogen) atoms. The van der Waals surface area contributed by atoms with Crippen molar-refractivity contribution < 1.29 is 18.0 Å². The van der Waals surface area contributed by atoms with Crippen molar-refractivity contribution in [3.05, 3.63) is 59.4 Å². The van der Waals surface area contributed by atoms with E-state index in [2.05, 4.69) is 24.1 Å². The highest BCUT2D eigenvalue weighted by Crippen LogP contribution is 2.29. The smallest absolute Gasteiger partial charge is 0.368 e. The first-order valence-electron chi connectivity index (χ1n) is 9.39. The summed E-state index contributed by atoms with van der Waals surface area (Å²) in [7, 11) is 0. The monoisotopic (exact) mass is 391 g/mol. The van der Waals surface area contributed by atoms with Gasteiger partial charge in [-0.15, -0.1) is 0 Å². The van der Waals surface area contributed by atoms with Gasteiger partial charge in [0.15, 0.2) is 0 Å². The van der Waals surface area contributed by atoms with Gasteiger partial charge < -0.3 is 10.2 Å². The van der Waals surface area contributed by atoms with Crippen LogP contribution in [0.15, 0.2) is 42.6 Å². The maximum absolute atomic E-state index is 12.6. The fourth-order valence-corrected chi connectivity index (χ4v) is 3.34. The molecule has 1 fully saturated rings. The van der Waals surface area contributed by atoms with Crippen LogP contribution in [0.25, 0.3) is 0 Å². The van der Waals surface area contributed by atoms with E-state index in [-0.39, 0.29) is 11.9 Å². The number of hydrogen-bond acceptors (Lipinski definition) is 3. The van der Waals surface area contributed by atoms with Crippen molar-refractivity contribution in [2.24, 2.45) is 0 Å². The Balaban J connectivity index is 1.52. The Morgan fingerprint density at radius 3 is 2.50 bits per heavy atom. The zero-order chi connectivity index (χ0) is 20.3. The van der Waals surface area contributed by atoms with E-state index in [1.165, 1.54) is 17.8 Å². The standard InChI is InChI=1S/C21H24F3N3O/c1-14(2)16-5-3-15(4-6-16)11-20(28)26-17-9-10-27(13-17)18-7-8-19(25-12-18)21(22,23)24/h3-8,12,14,17H,9-11,13H2,1-2H3,(H,26,28)/t17-/m1/s1. The predicted octanol–water partition coefficient (Wildman–Crippen LogP) is 4.16. The molecule has 0 aliphatic carbocycles. The normalized spacial score (nSPS) is 17.2. The van der Waals surface area contributed by atoms with E-state index in [0.717, 1.165) is 18.1 Å². The number of rotatable bonds is 5. The van der Waals surface area contributed by atoms with Crippen molar-refractivity contribution in [1.29, 1.82) is 0 Å². The molecule has 1 N–H and O–H groups in total. The molecule has 1 atom stereocenters. The Morgan fingerprint density at radius 2 is 1.93 bits per heavy atom. The van der Waals surface area contributed by atoms with Gasteiger partial charge in [-0.1, -0.05) is 38.1 Å². The lowest BCUT2D eigenvalue weighted by molar-refractivity contribution is -0.141. The van der Waals surface area contributed by atoms with Gasteiger partial charge in [0.05, 0.1) is 18.3 Å². The number of alkyl halides is 3. The Bertz CT molecular complexity index is 801. The van der Waals surface area contributed by atoms with Crippen LogP contribution in [-0.4, -0.2) is 30.0 Å². The maximum atomic E-state index is 12.6. The van der Waals surface area contributed by atoms with Gasteiger partial charge in [-0.2, -0.15) is 13.2 Å². The third-order valence-corrected chi connectivity index (χ3v) is 4.97. The van der Waals surface area contributed by atoms with Gasteiger partial charge in [-0.05, 0) is 35.6 Å². The van der Waals surface area contributed by atoms with Gasteiger partial charge in [-0.3, -0.25) is 4.79 Å². The molecule has 1 aromatic heterocycles. The molecule has 1 aliphatic heterocycles. The summed E-state index contributed by atoms with van der Waals surface area (Å²) in [6.07, 6.45) is -2.13. The Hall–Kier alpha value is -2.57. The first kappa shape index (κ1) is 20.2. The number of carbonyl (C=O) groups excluding carboxylic acids is 1. The highest BCUT2D eigenvalue weighted by molar-refractivity contribution is 5.79. The van der Waals surface area contributed by atoms with Gasteiger partial charge in [0.2, 0.25) is 5.91 Å². The van der Waals surface area contributed by atoms with Crippen LogP contribution >= 0.6 is 0 Å². The van der Waals surface area contributed by atoms with Crippen LogP contribution < -0.4 is 10.2 Å². The number of carbonyl (C=O) groups is 1. The maximum Gasteiger partial charge on any atom is 0.433 e. The summed E-state index contributed by atoms with van der Waals surface area (Å²) in [5.74, 6) is 0.404. The lowest BCUT2D eigenvalue weighted by Crippen LogP contribution is -2.38. The largest absolute Gasteiger partial charge is 0.433 e. The number of nitrogens with one attached hydrogen (secondary N) is 1. The molecule has 1 saturated heterocycles. The zero-order valence-electron chi connectivity index (χ0n) is 16.0. The molecule has 1 aromatic carbocycles. The van der Waals surface area contributed by atoms with E-state index >= 15 is 0 Å². The molecule has 1 amide bonds. The third-order valence-electron chi connectivity index (χ3n) is 4.97. The van der Waals surface area contributed by atoms with Crippen LogP contribution in [0.3, 0.4) is 0 Å². The van der Waals surface area contributed by atoms with Crippen molar-refractivity contribution in [3.8, 4) is 0 Å². The molecule has 3 rings (SSSR count). The van der Waals surface area contributed by atoms with Crippen LogP contribution in [0.4, 0.5) is 18.9 Å². The average molecular weight is 391 g/mol. The van der Waals surface area contributed by atoms with Crippen molar-refractivity contribution in [1.82, 2.24) is 10.3 Å². The summed E-state index contributed by atoms with van der Waals surface area (Å²) >= 11 is 0. The van der Waals surface area contributed by atoms with Crippen LogP contribution in [-0.2, 0) is 17.4 Å². The van der Waals surface area contributed by atoms with Crippen molar-refractivity contribution in [2.45, 2.75) is 44.8 Å². The molecule has 0 saturated carbocycles. The molecule has 0 spiro atoms. The minimum absolute atomic E-state index is 0.0234. The summed E-state index contributed by atoms with van der Waals surface area (Å²) < 4.78 is 37.9. The molecular formula is C21H24F3N3O. The fraction of sp³-hybridized carbons (Fsp3) is 0.429. The Labute approximate surface area is 162 Å². The van der Waals surface area contributed by atoms with E-state index in [0.29, 0.717) is 31.1 Å². The topological polar surface area (TPSA) is 45.2 Å². The molecular weight excluding hydrogens is 367 g/mol. The van der Waals surface area contributed by atoms with Crippen molar-refractivity contribution >= 4 is 11.6 Å². The number of benzene rings is 1. The first-order chi connectivity index (χ1) is 13.2. The zero-order valence-corrected chi connectivity index (χ0v) is 16.0. The lowest BCUT2D eigenvalue weighted by Gasteiger charge is -2.19. The summed E-state index contributed by atoms with van der Waals surface area (Å²) in [4.78, 5) is 17.8. The SMILES string of the molecule is CC(C)c1ccc(CC(=O)N[C@@H]2CCN(c3ccc(C(F)(F)F)nc3)C2)cc1. The summed E-state index contributed by atoms with van der Waals surface area (Å²) in [6.45, 7) is 5.48. The number of aromatic nitrogens is 1. The minimum Gasteiger partial charge on any atom is -0.368 e. The summed E-state index contributed by atoms with van der Waals surface area (Å²) in [6, 6.07) is 10.4. The lowest BCUT2D eigenvalue weighted by atomic mass is 10.0. The second kappa shape index (κ2) is 8.20. The summed E-state index contributed by atoms with van der Waals surface area (Å²) in [5.41, 5.74) is 1.93. The number of anilines is 1. The van der Waals surface area contributed by atoms with Crippen LogP contribution in [0.2, 0.25) is 0 Å². The van der Waals surface area contributed by atoms with E-state index in [1.54, 1.807) is 0 Å². The fourth-order valence-electron chi connectivity index (χ4n) is 3.34. The van der Waals surface area contributed by atoms with E-state index in [1.807, 2.05) is 29.2 Å². The molecule has 2 aromatic rings. The van der Waals surface area contributed by atoms with Crippen LogP contribution in [0.5, 0.6) is 0 Å². The van der Waals surface area contributed by atoms with Crippen LogP contribution in [0, 0.1) is 0 Å². The number of halogens is 3. The average Bonchev–Trinajstić information content (AvgIpc) is 3.10. The van der Waals surface area contributed by atoms with Gasteiger partial charge in [0.25, 0.3) is 0 Å². The van der Waals surface area contributed by atoms with Gasteiger partial charge in [0, 0.05) is 19.1 Å². The molecule has 4 nitrogen and oxygen atoms in total. The number of amides is 1. The molecule has 7 heteroatoms. The van der Waals surface area contributed by atoms with E-state index in [9.17, 15) is 18.0 Å². The number of hydrogen-bond donors (Lipinski definition) is 1. The number of nitrogens with zero attached hydrogens (tertiary/aromatic N) is 2. The van der Waals surface area contributed by atoms with Gasteiger partial charge in [0.1, 0.15) is 5.69 Å². The molecule has 0 unspecified atom stereocenters. The molecule has 1 aliphatic rings. The second-order valence-electron chi connectivity index (χ2n) is 7.47. The molecule has 0 radical (unpaired) electrons. The van der Waals surface area contributed by atoms with Crippen molar-refractivity contribution in [2.75, 3.05) is 18.0 Å².